The molecule has 1 rings (SSSR count). The average Bonchev–Trinajstić information content (AvgIpc) is 2.58. The number of nitrogens with two attached hydrogens (primary N) is 1. The van der Waals surface area contributed by atoms with Gasteiger partial charge in [0.15, 0.2) is 9.84 Å². The standard InChI is InChI=1S/C11H24N2O2S/c1-3-10(4-2)11(13-12)7-9-5-6-16(14,15)8-9/h9-11,13H,3-8,12H2,1-2H3. The molecule has 1 saturated heterocycles. The van der Waals surface area contributed by atoms with Gasteiger partial charge in [0.05, 0.1) is 11.5 Å². The van der Waals surface area contributed by atoms with Crippen LogP contribution in [0.2, 0.25) is 0 Å². The molecule has 1 aliphatic rings. The number of hydrazine groups is 1. The van der Waals surface area contributed by atoms with Crippen molar-refractivity contribution in [2.45, 2.75) is 45.6 Å². The first-order valence-electron chi connectivity index (χ1n) is 6.19. The second kappa shape index (κ2) is 5.98. The Hall–Kier alpha value is -0.130. The zero-order valence-electron chi connectivity index (χ0n) is 10.3. The summed E-state index contributed by atoms with van der Waals surface area (Å²) in [6.45, 7) is 4.31. The molecule has 0 aromatic rings. The molecule has 0 aromatic heterocycles. The summed E-state index contributed by atoms with van der Waals surface area (Å²) < 4.78 is 22.7. The van der Waals surface area contributed by atoms with E-state index in [2.05, 4.69) is 19.3 Å². The van der Waals surface area contributed by atoms with E-state index in [1.807, 2.05) is 0 Å². The van der Waals surface area contributed by atoms with Crippen molar-refractivity contribution in [2.75, 3.05) is 11.5 Å². The topological polar surface area (TPSA) is 72.2 Å². The van der Waals surface area contributed by atoms with Crippen molar-refractivity contribution in [3.8, 4) is 0 Å². The Labute approximate surface area is 98.9 Å². The smallest absolute Gasteiger partial charge is 0.150 e. The molecule has 0 radical (unpaired) electrons. The Balaban J connectivity index is 2.51. The summed E-state index contributed by atoms with van der Waals surface area (Å²) in [6, 6.07) is 0.258. The Bertz CT molecular complexity index is 299. The molecule has 16 heavy (non-hydrogen) atoms. The molecule has 0 bridgehead atoms. The molecule has 2 unspecified atom stereocenters. The monoisotopic (exact) mass is 248 g/mol. The van der Waals surface area contributed by atoms with Gasteiger partial charge in [-0.3, -0.25) is 11.3 Å². The molecule has 3 N–H and O–H groups in total. The normalized spacial score (nSPS) is 26.1. The van der Waals surface area contributed by atoms with Gasteiger partial charge in [-0.15, -0.1) is 0 Å². The minimum atomic E-state index is -2.76. The molecular formula is C11H24N2O2S. The third-order valence-corrected chi connectivity index (χ3v) is 5.58. The maximum Gasteiger partial charge on any atom is 0.150 e. The van der Waals surface area contributed by atoms with E-state index in [9.17, 15) is 8.42 Å². The van der Waals surface area contributed by atoms with E-state index < -0.39 is 9.84 Å². The molecule has 1 fully saturated rings. The summed E-state index contributed by atoms with van der Waals surface area (Å²) in [5.41, 5.74) is 2.86. The van der Waals surface area contributed by atoms with Gasteiger partial charge < -0.3 is 0 Å². The number of hydrogen-bond acceptors (Lipinski definition) is 4. The van der Waals surface area contributed by atoms with Crippen molar-refractivity contribution in [3.63, 3.8) is 0 Å². The summed E-state index contributed by atoms with van der Waals surface area (Å²) >= 11 is 0. The maximum atomic E-state index is 11.4. The van der Waals surface area contributed by atoms with Crippen LogP contribution in [0.1, 0.15) is 39.5 Å². The number of sulfone groups is 1. The summed E-state index contributed by atoms with van der Waals surface area (Å²) in [7, 11) is -2.76. The lowest BCUT2D eigenvalue weighted by Crippen LogP contribution is -2.42. The molecule has 2 atom stereocenters. The molecular weight excluding hydrogens is 224 g/mol. The fraction of sp³-hybridized carbons (Fsp3) is 1.00. The molecule has 1 aliphatic heterocycles. The van der Waals surface area contributed by atoms with E-state index in [1.54, 1.807) is 0 Å². The van der Waals surface area contributed by atoms with Gasteiger partial charge in [0.2, 0.25) is 0 Å². The van der Waals surface area contributed by atoms with E-state index in [0.29, 0.717) is 23.3 Å². The Morgan fingerprint density at radius 2 is 2.00 bits per heavy atom. The molecule has 1 heterocycles. The van der Waals surface area contributed by atoms with Gasteiger partial charge in [-0.05, 0) is 24.7 Å². The molecule has 5 heteroatoms. The largest absolute Gasteiger partial charge is 0.271 e. The Morgan fingerprint density at radius 3 is 2.38 bits per heavy atom. The number of hydrogen-bond donors (Lipinski definition) is 2. The molecule has 4 nitrogen and oxygen atoms in total. The zero-order valence-corrected chi connectivity index (χ0v) is 11.1. The predicted molar refractivity (Wildman–Crippen MR) is 66.6 cm³/mol. The van der Waals surface area contributed by atoms with E-state index in [1.165, 1.54) is 0 Å². The Morgan fingerprint density at radius 1 is 1.38 bits per heavy atom. The highest BCUT2D eigenvalue weighted by Crippen LogP contribution is 2.26. The first-order valence-corrected chi connectivity index (χ1v) is 8.01. The fourth-order valence-electron chi connectivity index (χ4n) is 2.67. The third kappa shape index (κ3) is 3.71. The molecule has 0 aromatic carbocycles. The van der Waals surface area contributed by atoms with Gasteiger partial charge in [0.25, 0.3) is 0 Å². The van der Waals surface area contributed by atoms with Crippen LogP contribution in [0.4, 0.5) is 0 Å². The lowest BCUT2D eigenvalue weighted by atomic mass is 9.87. The van der Waals surface area contributed by atoms with Crippen LogP contribution in [0, 0.1) is 11.8 Å². The maximum absolute atomic E-state index is 11.4. The van der Waals surface area contributed by atoms with E-state index >= 15 is 0 Å². The van der Waals surface area contributed by atoms with E-state index in [-0.39, 0.29) is 6.04 Å². The van der Waals surface area contributed by atoms with Gasteiger partial charge in [-0.25, -0.2) is 8.42 Å². The summed E-state index contributed by atoms with van der Waals surface area (Å²) in [5, 5.41) is 0. The van der Waals surface area contributed by atoms with Crippen LogP contribution in [0.3, 0.4) is 0 Å². The molecule has 0 saturated carbocycles. The summed E-state index contributed by atoms with van der Waals surface area (Å²) in [5.74, 6) is 7.13. The minimum absolute atomic E-state index is 0.258. The lowest BCUT2D eigenvalue weighted by molar-refractivity contribution is 0.288. The van der Waals surface area contributed by atoms with Crippen molar-refractivity contribution >= 4 is 9.84 Å². The first-order chi connectivity index (χ1) is 7.52. The third-order valence-electron chi connectivity index (χ3n) is 3.75. The summed E-state index contributed by atoms with van der Waals surface area (Å²) in [4.78, 5) is 0. The van der Waals surface area contributed by atoms with Crippen LogP contribution in [-0.4, -0.2) is 26.0 Å². The Kier molecular flexibility index (Phi) is 5.21. The van der Waals surface area contributed by atoms with Crippen molar-refractivity contribution in [2.24, 2.45) is 17.7 Å². The van der Waals surface area contributed by atoms with Gasteiger partial charge in [-0.1, -0.05) is 26.7 Å². The van der Waals surface area contributed by atoms with Crippen LogP contribution in [0.5, 0.6) is 0 Å². The SMILES string of the molecule is CCC(CC)C(CC1CCS(=O)(=O)C1)NN. The highest BCUT2D eigenvalue weighted by Gasteiger charge is 2.31. The van der Waals surface area contributed by atoms with Crippen molar-refractivity contribution in [1.29, 1.82) is 0 Å². The van der Waals surface area contributed by atoms with Crippen LogP contribution < -0.4 is 11.3 Å². The quantitative estimate of drug-likeness (QED) is 0.545. The lowest BCUT2D eigenvalue weighted by Gasteiger charge is -2.26. The van der Waals surface area contributed by atoms with Gasteiger partial charge in [0.1, 0.15) is 0 Å². The van der Waals surface area contributed by atoms with Crippen LogP contribution in [0.15, 0.2) is 0 Å². The molecule has 96 valence electrons. The van der Waals surface area contributed by atoms with Gasteiger partial charge >= 0.3 is 0 Å². The van der Waals surface area contributed by atoms with Crippen molar-refractivity contribution < 1.29 is 8.42 Å². The van der Waals surface area contributed by atoms with Crippen molar-refractivity contribution in [1.82, 2.24) is 5.43 Å². The second-order valence-electron chi connectivity index (χ2n) is 4.85. The van der Waals surface area contributed by atoms with Crippen LogP contribution in [-0.2, 0) is 9.84 Å². The van der Waals surface area contributed by atoms with Crippen molar-refractivity contribution in [3.05, 3.63) is 0 Å². The van der Waals surface area contributed by atoms with Gasteiger partial charge in [-0.2, -0.15) is 0 Å². The fourth-order valence-corrected chi connectivity index (χ4v) is 4.55. The minimum Gasteiger partial charge on any atom is -0.271 e. The first kappa shape index (κ1) is 13.9. The molecule has 0 amide bonds. The molecule has 0 spiro atoms. The zero-order chi connectivity index (χ0) is 12.2. The van der Waals surface area contributed by atoms with Crippen LogP contribution >= 0.6 is 0 Å². The van der Waals surface area contributed by atoms with Crippen LogP contribution in [0.25, 0.3) is 0 Å². The predicted octanol–water partition coefficient (Wildman–Crippen LogP) is 1.08. The number of rotatable bonds is 6. The second-order valence-corrected chi connectivity index (χ2v) is 7.08. The highest BCUT2D eigenvalue weighted by molar-refractivity contribution is 7.91. The highest BCUT2D eigenvalue weighted by atomic mass is 32.2. The van der Waals surface area contributed by atoms with E-state index in [0.717, 1.165) is 25.7 Å². The van der Waals surface area contributed by atoms with E-state index in [4.69, 9.17) is 5.84 Å². The average molecular weight is 248 g/mol. The summed E-state index contributed by atoms with van der Waals surface area (Å²) in [6.07, 6.45) is 3.87. The number of nitrogens with one attached hydrogen (secondary N) is 1. The molecule has 0 aliphatic carbocycles. The van der Waals surface area contributed by atoms with Gasteiger partial charge in [0, 0.05) is 6.04 Å².